The van der Waals surface area contributed by atoms with Gasteiger partial charge in [0, 0.05) is 12.0 Å². The first-order valence-electron chi connectivity index (χ1n) is 7.20. The van der Waals surface area contributed by atoms with E-state index in [1.807, 2.05) is 6.92 Å². The molecule has 0 spiro atoms. The van der Waals surface area contributed by atoms with E-state index in [0.717, 1.165) is 17.8 Å². The summed E-state index contributed by atoms with van der Waals surface area (Å²) in [4.78, 5) is 11.4. The number of nitrogens with one attached hydrogen (secondary N) is 2. The summed E-state index contributed by atoms with van der Waals surface area (Å²) < 4.78 is 0. The van der Waals surface area contributed by atoms with Gasteiger partial charge in [-0.2, -0.15) is 0 Å². The van der Waals surface area contributed by atoms with Crippen LogP contribution in [-0.2, 0) is 4.79 Å². The molecule has 0 aromatic carbocycles. The molecular weight excluding hydrogens is 244 g/mol. The van der Waals surface area contributed by atoms with E-state index in [4.69, 9.17) is 12.2 Å². The number of carbonyl (C=O) groups is 1. The van der Waals surface area contributed by atoms with Gasteiger partial charge in [-0.15, -0.1) is 0 Å². The lowest BCUT2D eigenvalue weighted by molar-refractivity contribution is -0.119. The van der Waals surface area contributed by atoms with E-state index in [-0.39, 0.29) is 11.4 Å². The molecule has 4 rings (SSSR count). The summed E-state index contributed by atoms with van der Waals surface area (Å²) in [5.74, 6) is 2.70. The lowest BCUT2D eigenvalue weighted by atomic mass is 9.53. The highest BCUT2D eigenvalue weighted by Crippen LogP contribution is 2.55. The summed E-state index contributed by atoms with van der Waals surface area (Å²) in [5, 5.41) is 6.82. The Morgan fingerprint density at radius 1 is 1.17 bits per heavy atom. The zero-order valence-electron chi connectivity index (χ0n) is 11.0. The van der Waals surface area contributed by atoms with Crippen LogP contribution in [0, 0.1) is 17.8 Å². The molecule has 2 N–H and O–H groups in total. The number of hydrogen-bond donors (Lipinski definition) is 2. The Morgan fingerprint density at radius 2 is 1.67 bits per heavy atom. The third-order valence-corrected chi connectivity index (χ3v) is 5.20. The lowest BCUT2D eigenvalue weighted by Gasteiger charge is -2.57. The molecule has 0 radical (unpaired) electrons. The maximum Gasteiger partial charge on any atom is 0.225 e. The predicted octanol–water partition coefficient (Wildman–Crippen LogP) is 2.36. The van der Waals surface area contributed by atoms with Gasteiger partial charge in [0.05, 0.1) is 0 Å². The molecule has 0 unspecified atom stereocenters. The molecule has 0 aromatic heterocycles. The molecule has 0 aromatic rings. The van der Waals surface area contributed by atoms with E-state index in [1.54, 1.807) is 0 Å². The van der Waals surface area contributed by atoms with E-state index in [1.165, 1.54) is 38.5 Å². The molecule has 4 aliphatic rings. The number of carbonyl (C=O) groups excluding carboxylic acids is 1. The van der Waals surface area contributed by atoms with Crippen LogP contribution in [0.1, 0.15) is 51.9 Å². The molecule has 0 atom stereocenters. The standard InChI is InChI=1S/C14H22N2OS/c1-2-12(17)15-13(18)16-14-6-9-3-10(7-14)5-11(4-9)8-14/h9-11H,2-8H2,1H3,(H2,15,16,17,18). The fourth-order valence-electron chi connectivity index (χ4n) is 4.75. The summed E-state index contributed by atoms with van der Waals surface area (Å²) in [6, 6.07) is 0. The molecule has 4 aliphatic carbocycles. The number of rotatable bonds is 2. The Bertz CT molecular complexity index is 345. The summed E-state index contributed by atoms with van der Waals surface area (Å²) in [6.45, 7) is 1.85. The van der Waals surface area contributed by atoms with E-state index in [2.05, 4.69) is 10.6 Å². The van der Waals surface area contributed by atoms with Crippen molar-refractivity contribution >= 4 is 23.2 Å². The predicted molar refractivity (Wildman–Crippen MR) is 75.1 cm³/mol. The second-order valence-electron chi connectivity index (χ2n) is 6.55. The molecule has 4 fully saturated rings. The lowest BCUT2D eigenvalue weighted by Crippen LogP contribution is -2.61. The van der Waals surface area contributed by atoms with Crippen molar-refractivity contribution in [2.24, 2.45) is 17.8 Å². The molecule has 4 bridgehead atoms. The van der Waals surface area contributed by atoms with Crippen molar-refractivity contribution in [3.8, 4) is 0 Å². The minimum absolute atomic E-state index is 0.0113. The monoisotopic (exact) mass is 266 g/mol. The Labute approximate surface area is 114 Å². The summed E-state index contributed by atoms with van der Waals surface area (Å²) in [7, 11) is 0. The molecule has 0 saturated heterocycles. The van der Waals surface area contributed by atoms with E-state index in [9.17, 15) is 4.79 Å². The summed E-state index contributed by atoms with van der Waals surface area (Å²) in [5.41, 5.74) is 0.201. The quantitative estimate of drug-likeness (QED) is 0.754. The molecule has 1 amide bonds. The van der Waals surface area contributed by atoms with Gasteiger partial charge in [-0.3, -0.25) is 4.79 Å². The van der Waals surface area contributed by atoms with Crippen LogP contribution in [0.15, 0.2) is 0 Å². The van der Waals surface area contributed by atoms with Crippen molar-refractivity contribution in [1.29, 1.82) is 0 Å². The molecule has 0 heterocycles. The van der Waals surface area contributed by atoms with Crippen LogP contribution in [0.25, 0.3) is 0 Å². The van der Waals surface area contributed by atoms with Gasteiger partial charge in [0.25, 0.3) is 0 Å². The first-order chi connectivity index (χ1) is 8.58. The summed E-state index contributed by atoms with van der Waals surface area (Å²) in [6.07, 6.45) is 8.52. The average molecular weight is 266 g/mol. The minimum atomic E-state index is 0.0113. The highest BCUT2D eigenvalue weighted by molar-refractivity contribution is 7.80. The van der Waals surface area contributed by atoms with Gasteiger partial charge in [-0.25, -0.2) is 0 Å². The van der Waals surface area contributed by atoms with Crippen molar-refractivity contribution in [2.75, 3.05) is 0 Å². The normalized spacial score (nSPS) is 40.6. The van der Waals surface area contributed by atoms with Gasteiger partial charge in [0.1, 0.15) is 0 Å². The SMILES string of the molecule is CCC(=O)NC(=S)NC12CC3CC(CC(C3)C1)C2. The number of thiocarbonyl (C=S) groups is 1. The Kier molecular flexibility index (Phi) is 3.08. The van der Waals surface area contributed by atoms with E-state index in [0.29, 0.717) is 11.5 Å². The Balaban J connectivity index is 1.65. The van der Waals surface area contributed by atoms with Crippen LogP contribution in [-0.4, -0.2) is 16.6 Å². The van der Waals surface area contributed by atoms with Crippen molar-refractivity contribution < 1.29 is 4.79 Å². The topological polar surface area (TPSA) is 41.1 Å². The van der Waals surface area contributed by atoms with Crippen molar-refractivity contribution in [1.82, 2.24) is 10.6 Å². The molecule has 0 aliphatic heterocycles. The van der Waals surface area contributed by atoms with Gasteiger partial charge in [0.2, 0.25) is 5.91 Å². The van der Waals surface area contributed by atoms with Gasteiger partial charge in [0.15, 0.2) is 5.11 Å². The van der Waals surface area contributed by atoms with Crippen LogP contribution in [0.5, 0.6) is 0 Å². The molecular formula is C14H22N2OS. The highest BCUT2D eigenvalue weighted by Gasteiger charge is 2.51. The first kappa shape index (κ1) is 12.4. The Hall–Kier alpha value is -0.640. The van der Waals surface area contributed by atoms with E-state index >= 15 is 0 Å². The maximum absolute atomic E-state index is 11.4. The molecule has 4 heteroatoms. The van der Waals surface area contributed by atoms with E-state index < -0.39 is 0 Å². The van der Waals surface area contributed by atoms with Crippen LogP contribution < -0.4 is 10.6 Å². The second kappa shape index (κ2) is 4.48. The average Bonchev–Trinajstić information content (AvgIpc) is 2.25. The van der Waals surface area contributed by atoms with Crippen LogP contribution in [0.2, 0.25) is 0 Å². The van der Waals surface area contributed by atoms with Crippen molar-refractivity contribution in [3.05, 3.63) is 0 Å². The fourth-order valence-corrected chi connectivity index (χ4v) is 5.08. The molecule has 100 valence electrons. The molecule has 18 heavy (non-hydrogen) atoms. The smallest absolute Gasteiger partial charge is 0.225 e. The zero-order chi connectivity index (χ0) is 12.8. The molecule has 3 nitrogen and oxygen atoms in total. The van der Waals surface area contributed by atoms with Gasteiger partial charge in [-0.1, -0.05) is 6.92 Å². The second-order valence-corrected chi connectivity index (χ2v) is 6.96. The molecule has 4 saturated carbocycles. The zero-order valence-corrected chi connectivity index (χ0v) is 11.8. The van der Waals surface area contributed by atoms with Crippen LogP contribution >= 0.6 is 12.2 Å². The van der Waals surface area contributed by atoms with Crippen LogP contribution in [0.3, 0.4) is 0 Å². The highest BCUT2D eigenvalue weighted by atomic mass is 32.1. The number of amides is 1. The van der Waals surface area contributed by atoms with Crippen molar-refractivity contribution in [2.45, 2.75) is 57.4 Å². The third-order valence-electron chi connectivity index (χ3n) is 4.99. The fraction of sp³-hybridized carbons (Fsp3) is 0.857. The Morgan fingerprint density at radius 3 is 2.11 bits per heavy atom. The summed E-state index contributed by atoms with van der Waals surface area (Å²) >= 11 is 5.29. The van der Waals surface area contributed by atoms with Gasteiger partial charge >= 0.3 is 0 Å². The third kappa shape index (κ3) is 2.27. The number of hydrogen-bond acceptors (Lipinski definition) is 2. The van der Waals surface area contributed by atoms with Crippen LogP contribution in [0.4, 0.5) is 0 Å². The maximum atomic E-state index is 11.4. The van der Waals surface area contributed by atoms with Gasteiger partial charge in [-0.05, 0) is 68.5 Å². The largest absolute Gasteiger partial charge is 0.357 e. The first-order valence-corrected chi connectivity index (χ1v) is 7.61. The van der Waals surface area contributed by atoms with Gasteiger partial charge < -0.3 is 10.6 Å². The van der Waals surface area contributed by atoms with Crippen molar-refractivity contribution in [3.63, 3.8) is 0 Å². The minimum Gasteiger partial charge on any atom is -0.357 e.